The van der Waals surface area contributed by atoms with Crippen LogP contribution >= 0.6 is 69.9 Å². The minimum Gasteiger partial charge on any atom is -0.211 e. The smallest absolute Gasteiger partial charge is 0.211 e. The maximum absolute atomic E-state index is 12.8. The summed E-state index contributed by atoms with van der Waals surface area (Å²) in [5.41, 5.74) is 5.23. The fourth-order valence-electron chi connectivity index (χ4n) is 8.36. The average Bonchev–Trinajstić information content (AvgIpc) is 3.71. The van der Waals surface area contributed by atoms with Crippen molar-refractivity contribution in [2.75, 3.05) is 30.9 Å². The van der Waals surface area contributed by atoms with Gasteiger partial charge in [-0.05, 0) is 151 Å². The van der Waals surface area contributed by atoms with Crippen LogP contribution in [0.3, 0.4) is 0 Å². The summed E-state index contributed by atoms with van der Waals surface area (Å²) in [6.07, 6.45) is 18.1. The van der Waals surface area contributed by atoms with Crippen molar-refractivity contribution in [1.82, 2.24) is 9.44 Å². The van der Waals surface area contributed by atoms with E-state index in [0.29, 0.717) is 23.1 Å². The molecule has 3 aliphatic rings. The molecule has 7 rings (SSSR count). The summed E-state index contributed by atoms with van der Waals surface area (Å²) in [5.74, 6) is 2.32. The second-order valence-electron chi connectivity index (χ2n) is 16.8. The van der Waals surface area contributed by atoms with Crippen molar-refractivity contribution in [3.05, 3.63) is 127 Å². The zero-order chi connectivity index (χ0) is 42.8. The Balaban J connectivity index is 0.000000203. The van der Waals surface area contributed by atoms with Gasteiger partial charge in [0.15, 0.2) is 0 Å². The topological polar surface area (TPSA) is 92.3 Å². The molecule has 3 saturated carbocycles. The van der Waals surface area contributed by atoms with Gasteiger partial charge in [0.05, 0.1) is 10.0 Å². The highest BCUT2D eigenvalue weighted by Gasteiger charge is 2.39. The van der Waals surface area contributed by atoms with Crippen LogP contribution in [0, 0.1) is 10.8 Å². The molecule has 3 aliphatic carbocycles. The van der Waals surface area contributed by atoms with Crippen LogP contribution in [0.5, 0.6) is 0 Å². The van der Waals surface area contributed by atoms with Crippen LogP contribution in [-0.2, 0) is 45.7 Å². The molecule has 0 bridgehead atoms. The van der Waals surface area contributed by atoms with Crippen LogP contribution in [0.2, 0.25) is 20.1 Å². The number of benzene rings is 4. The maximum Gasteiger partial charge on any atom is 0.242 e. The number of aryl methyl sites for hydroxylation is 2. The lowest BCUT2D eigenvalue weighted by Gasteiger charge is -2.42. The van der Waals surface area contributed by atoms with Gasteiger partial charge in [-0.25, -0.2) is 26.3 Å². The number of sulfonamides is 2. The van der Waals surface area contributed by atoms with Crippen molar-refractivity contribution >= 4 is 90.0 Å². The molecule has 0 radical (unpaired) electrons. The molecule has 2 N–H and O–H groups in total. The Hall–Kier alpha value is -1.44. The van der Waals surface area contributed by atoms with Crippen molar-refractivity contribution < 1.29 is 16.8 Å². The van der Waals surface area contributed by atoms with Gasteiger partial charge in [0.2, 0.25) is 20.0 Å². The Morgan fingerprint density at radius 1 is 0.567 bits per heavy atom. The van der Waals surface area contributed by atoms with Gasteiger partial charge in [0.25, 0.3) is 0 Å². The molecular weight excluding hydrogens is 915 g/mol. The summed E-state index contributed by atoms with van der Waals surface area (Å²) in [6.45, 7) is 0.844. The molecule has 3 fully saturated rings. The minimum absolute atomic E-state index is 0.0211. The molecule has 6 nitrogen and oxygen atoms in total. The molecule has 0 amide bonds. The zero-order valence-electron chi connectivity index (χ0n) is 34.2. The predicted molar refractivity (Wildman–Crippen MR) is 257 cm³/mol. The molecular formula is C46H56Cl4N2O4S4. The summed E-state index contributed by atoms with van der Waals surface area (Å²) in [6, 6.07) is 26.6. The second kappa shape index (κ2) is 22.0. The van der Waals surface area contributed by atoms with Gasteiger partial charge in [0.1, 0.15) is 9.79 Å². The van der Waals surface area contributed by atoms with E-state index in [0.717, 1.165) is 75.2 Å². The average molecular weight is 971 g/mol. The first kappa shape index (κ1) is 48.0. The zero-order valence-corrected chi connectivity index (χ0v) is 40.5. The van der Waals surface area contributed by atoms with Crippen molar-refractivity contribution in [1.29, 1.82) is 0 Å². The molecule has 4 aromatic carbocycles. The fraction of sp³-hybridized carbons (Fsp3) is 0.478. The number of hydrogen-bond donors (Lipinski definition) is 2. The van der Waals surface area contributed by atoms with Crippen LogP contribution in [-0.4, -0.2) is 52.9 Å². The Morgan fingerprint density at radius 3 is 1.33 bits per heavy atom. The standard InChI is InChI=1S/C25H31Cl2NO2S2.C21H25Cl2NO2S2/c26-21-10-11-24(23(27)16-21)32(29,30)28-18-25(13-3-14-25)17-20-8-6-19(7-9-20)12-15-31-22-4-1-2-5-22;1-27-12-9-16-3-5-17(6-4-16)14-21(10-2-11-21)15-24-28(25,26)20-8-7-18(22)13-19(20)23/h6-11,16,22,28H,1-5,12-15,17-18H2;3-8,13,24H,2,9-12,14-15H2,1H3. The minimum atomic E-state index is -3.68. The molecule has 0 aliphatic heterocycles. The summed E-state index contributed by atoms with van der Waals surface area (Å²) < 4.78 is 56.6. The highest BCUT2D eigenvalue weighted by atomic mass is 35.5. The molecule has 0 aromatic heterocycles. The normalized spacial score (nSPS) is 17.4. The monoisotopic (exact) mass is 968 g/mol. The van der Waals surface area contributed by atoms with E-state index in [1.807, 2.05) is 11.8 Å². The quantitative estimate of drug-likeness (QED) is 0.0973. The number of thioether (sulfide) groups is 2. The van der Waals surface area contributed by atoms with Crippen molar-refractivity contribution in [3.63, 3.8) is 0 Å². The second-order valence-corrected chi connectivity index (χ2v) is 24.3. The van der Waals surface area contributed by atoms with Crippen LogP contribution in [0.1, 0.15) is 86.5 Å². The molecule has 0 saturated heterocycles. The third-order valence-corrected chi connectivity index (χ3v) is 18.5. The van der Waals surface area contributed by atoms with Crippen molar-refractivity contribution in [2.24, 2.45) is 10.8 Å². The van der Waals surface area contributed by atoms with Gasteiger partial charge in [-0.15, -0.1) is 0 Å². The van der Waals surface area contributed by atoms with Gasteiger partial charge in [-0.3, -0.25) is 0 Å². The highest BCUT2D eigenvalue weighted by molar-refractivity contribution is 7.99. The molecule has 14 heteroatoms. The van der Waals surface area contributed by atoms with Crippen LogP contribution in [0.15, 0.2) is 94.7 Å². The molecule has 0 atom stereocenters. The Morgan fingerprint density at radius 2 is 0.967 bits per heavy atom. The lowest BCUT2D eigenvalue weighted by atomic mass is 9.65. The van der Waals surface area contributed by atoms with Gasteiger partial charge in [-0.1, -0.05) is 121 Å². The molecule has 60 heavy (non-hydrogen) atoms. The Bertz CT molecular complexity index is 2240. The van der Waals surface area contributed by atoms with Crippen LogP contribution < -0.4 is 9.44 Å². The molecule has 0 unspecified atom stereocenters. The van der Waals surface area contributed by atoms with E-state index in [4.69, 9.17) is 46.4 Å². The van der Waals surface area contributed by atoms with Gasteiger partial charge < -0.3 is 0 Å². The summed E-state index contributed by atoms with van der Waals surface area (Å²) in [4.78, 5) is 0.157. The third kappa shape index (κ3) is 13.5. The van der Waals surface area contributed by atoms with E-state index in [1.54, 1.807) is 12.1 Å². The Labute approximate surface area is 387 Å². The summed E-state index contributed by atoms with van der Waals surface area (Å²) in [7, 11) is -7.35. The van der Waals surface area contributed by atoms with E-state index in [-0.39, 0.29) is 30.7 Å². The number of rotatable bonds is 19. The third-order valence-electron chi connectivity index (χ3n) is 12.3. The number of halogens is 4. The first-order valence-corrected chi connectivity index (χ1v) is 27.8. The van der Waals surface area contributed by atoms with E-state index >= 15 is 0 Å². The van der Waals surface area contributed by atoms with E-state index in [1.165, 1.54) is 78.0 Å². The molecule has 0 heterocycles. The number of hydrogen-bond acceptors (Lipinski definition) is 6. The van der Waals surface area contributed by atoms with E-state index < -0.39 is 20.0 Å². The summed E-state index contributed by atoms with van der Waals surface area (Å²) >= 11 is 28.0. The van der Waals surface area contributed by atoms with Crippen LogP contribution in [0.25, 0.3) is 0 Å². The summed E-state index contributed by atoms with van der Waals surface area (Å²) in [5, 5.41) is 2.00. The Kier molecular flexibility index (Phi) is 17.6. The molecule has 326 valence electrons. The predicted octanol–water partition coefficient (Wildman–Crippen LogP) is 12.5. The molecule has 4 aromatic rings. The van der Waals surface area contributed by atoms with Gasteiger partial charge in [0, 0.05) is 28.4 Å². The highest BCUT2D eigenvalue weighted by Crippen LogP contribution is 2.45. The molecule has 0 spiro atoms. The fourth-order valence-corrected chi connectivity index (χ4v) is 14.0. The lowest BCUT2D eigenvalue weighted by molar-refractivity contribution is 0.139. The largest absolute Gasteiger partial charge is 0.242 e. The lowest BCUT2D eigenvalue weighted by Crippen LogP contribution is -2.43. The van der Waals surface area contributed by atoms with E-state index in [9.17, 15) is 16.8 Å². The van der Waals surface area contributed by atoms with Gasteiger partial charge >= 0.3 is 0 Å². The first-order chi connectivity index (χ1) is 28.7. The maximum atomic E-state index is 12.8. The van der Waals surface area contributed by atoms with Crippen molar-refractivity contribution in [3.8, 4) is 0 Å². The van der Waals surface area contributed by atoms with E-state index in [2.05, 4.69) is 76.0 Å². The first-order valence-electron chi connectivity index (χ1n) is 20.8. The number of nitrogens with one attached hydrogen (secondary N) is 2. The SMILES string of the molecule is CSCCc1ccc(CC2(CNS(=O)(=O)c3ccc(Cl)cc3Cl)CCC2)cc1.O=S(=O)(NCC1(Cc2ccc(CCSC3CCCC3)cc2)CCC1)c1ccc(Cl)cc1Cl. The van der Waals surface area contributed by atoms with Gasteiger partial charge in [-0.2, -0.15) is 23.5 Å². The van der Waals surface area contributed by atoms with Crippen LogP contribution in [0.4, 0.5) is 0 Å². The van der Waals surface area contributed by atoms with Crippen molar-refractivity contribution in [2.45, 2.75) is 105 Å².